The number of benzene rings is 1. The molecule has 2 amide bonds. The molecule has 0 aromatic heterocycles. The first-order valence-corrected chi connectivity index (χ1v) is 8.19. The summed E-state index contributed by atoms with van der Waals surface area (Å²) in [7, 11) is 3.13. The van der Waals surface area contributed by atoms with Crippen molar-refractivity contribution in [2.75, 3.05) is 20.6 Å². The minimum absolute atomic E-state index is 0.0816. The number of rotatable bonds is 6. The first kappa shape index (κ1) is 19.7. The standard InChI is InChI=1S/C17H23N3O6/c1-20(2)17(25)26-12-5-3-10(4-6-12)7-14(16(23)24)19-15(22)13-8-11(21)9-18-13/h3-6,11,13-14,18,21H,7-9H2,1-2H3,(H,19,22)(H,23,24)/t11-,13+,14+/m1/s1. The van der Waals surface area contributed by atoms with Crippen LogP contribution in [0.4, 0.5) is 4.79 Å². The Morgan fingerprint density at radius 3 is 2.46 bits per heavy atom. The number of carbonyl (C=O) groups is 3. The van der Waals surface area contributed by atoms with E-state index in [1.165, 1.54) is 4.90 Å². The second kappa shape index (κ2) is 8.63. The predicted octanol–water partition coefficient (Wildman–Crippen LogP) is -0.418. The molecule has 26 heavy (non-hydrogen) atoms. The summed E-state index contributed by atoms with van der Waals surface area (Å²) in [5.74, 6) is -1.27. The van der Waals surface area contributed by atoms with Gasteiger partial charge in [-0.3, -0.25) is 4.79 Å². The molecule has 4 N–H and O–H groups in total. The Morgan fingerprint density at radius 1 is 1.31 bits per heavy atom. The van der Waals surface area contributed by atoms with Gasteiger partial charge in [-0.15, -0.1) is 0 Å². The average molecular weight is 365 g/mol. The number of nitrogens with zero attached hydrogens (tertiary/aromatic N) is 1. The first-order valence-electron chi connectivity index (χ1n) is 8.19. The Morgan fingerprint density at radius 2 is 1.96 bits per heavy atom. The van der Waals surface area contributed by atoms with Crippen molar-refractivity contribution >= 4 is 18.0 Å². The van der Waals surface area contributed by atoms with Gasteiger partial charge in [-0.25, -0.2) is 9.59 Å². The summed E-state index contributed by atoms with van der Waals surface area (Å²) in [6.07, 6.45) is -0.784. The highest BCUT2D eigenvalue weighted by Gasteiger charge is 2.31. The Labute approximate surface area is 150 Å². The first-order chi connectivity index (χ1) is 12.3. The van der Waals surface area contributed by atoms with Gasteiger partial charge in [0.1, 0.15) is 11.8 Å². The zero-order valence-corrected chi connectivity index (χ0v) is 14.6. The Kier molecular flexibility index (Phi) is 6.53. The van der Waals surface area contributed by atoms with Crippen molar-refractivity contribution in [1.29, 1.82) is 0 Å². The van der Waals surface area contributed by atoms with Crippen LogP contribution >= 0.6 is 0 Å². The van der Waals surface area contributed by atoms with E-state index in [1.807, 2.05) is 0 Å². The number of amides is 2. The van der Waals surface area contributed by atoms with Crippen molar-refractivity contribution in [1.82, 2.24) is 15.5 Å². The number of aliphatic hydroxyl groups is 1. The van der Waals surface area contributed by atoms with Crippen LogP contribution < -0.4 is 15.4 Å². The van der Waals surface area contributed by atoms with E-state index in [0.717, 1.165) is 0 Å². The highest BCUT2D eigenvalue weighted by atomic mass is 16.6. The van der Waals surface area contributed by atoms with E-state index in [0.29, 0.717) is 17.9 Å². The number of carboxylic acids is 1. The minimum atomic E-state index is -1.15. The summed E-state index contributed by atoms with van der Waals surface area (Å²) < 4.78 is 5.09. The van der Waals surface area contributed by atoms with Crippen molar-refractivity contribution in [3.8, 4) is 5.75 Å². The summed E-state index contributed by atoms with van der Waals surface area (Å²) in [5, 5.41) is 24.1. The van der Waals surface area contributed by atoms with Gasteiger partial charge in [0.05, 0.1) is 12.1 Å². The fraction of sp³-hybridized carbons (Fsp3) is 0.471. The Hall–Kier alpha value is -2.65. The number of aliphatic carboxylic acids is 1. The van der Waals surface area contributed by atoms with Crippen LogP contribution in [0.15, 0.2) is 24.3 Å². The minimum Gasteiger partial charge on any atom is -0.480 e. The van der Waals surface area contributed by atoms with Gasteiger partial charge in [0.15, 0.2) is 0 Å². The summed E-state index contributed by atoms with van der Waals surface area (Å²) in [6, 6.07) is 4.70. The third-order valence-corrected chi connectivity index (χ3v) is 3.97. The molecular formula is C17H23N3O6. The van der Waals surface area contributed by atoms with Gasteiger partial charge in [-0.1, -0.05) is 12.1 Å². The van der Waals surface area contributed by atoms with Gasteiger partial charge in [-0.05, 0) is 24.1 Å². The molecule has 9 heteroatoms. The maximum absolute atomic E-state index is 12.1. The molecule has 1 aromatic carbocycles. The van der Waals surface area contributed by atoms with Crippen molar-refractivity contribution in [2.24, 2.45) is 0 Å². The maximum Gasteiger partial charge on any atom is 0.414 e. The summed E-state index contributed by atoms with van der Waals surface area (Å²) in [5.41, 5.74) is 0.668. The SMILES string of the molecule is CN(C)C(=O)Oc1ccc(C[C@H](NC(=O)[C@@H]2C[C@@H](O)CN2)C(=O)O)cc1. The normalized spacial score (nSPS) is 20.3. The number of hydrogen-bond acceptors (Lipinski definition) is 6. The van der Waals surface area contributed by atoms with Crippen LogP contribution in [0.1, 0.15) is 12.0 Å². The number of hydrogen-bond donors (Lipinski definition) is 4. The number of ether oxygens (including phenoxy) is 1. The molecule has 3 atom stereocenters. The second-order valence-electron chi connectivity index (χ2n) is 6.36. The molecule has 0 bridgehead atoms. The lowest BCUT2D eigenvalue weighted by molar-refractivity contribution is -0.142. The number of aliphatic hydroxyl groups excluding tert-OH is 1. The third-order valence-electron chi connectivity index (χ3n) is 3.97. The summed E-state index contributed by atoms with van der Waals surface area (Å²) in [6.45, 7) is 0.308. The zero-order valence-electron chi connectivity index (χ0n) is 14.6. The van der Waals surface area contributed by atoms with Crippen LogP contribution in [0, 0.1) is 0 Å². The van der Waals surface area contributed by atoms with E-state index in [-0.39, 0.29) is 12.8 Å². The lowest BCUT2D eigenvalue weighted by Gasteiger charge is -2.18. The van der Waals surface area contributed by atoms with Crippen molar-refractivity contribution in [3.05, 3.63) is 29.8 Å². The van der Waals surface area contributed by atoms with E-state index in [2.05, 4.69) is 10.6 Å². The van der Waals surface area contributed by atoms with Gasteiger partial charge >= 0.3 is 12.1 Å². The fourth-order valence-electron chi connectivity index (χ4n) is 2.51. The molecule has 1 aliphatic rings. The number of nitrogens with one attached hydrogen (secondary N) is 2. The molecule has 0 radical (unpaired) electrons. The van der Waals surface area contributed by atoms with E-state index >= 15 is 0 Å². The monoisotopic (exact) mass is 365 g/mol. The number of carboxylic acid groups (broad SMARTS) is 1. The largest absolute Gasteiger partial charge is 0.480 e. The molecule has 0 aliphatic carbocycles. The van der Waals surface area contributed by atoms with E-state index in [1.54, 1.807) is 38.4 Å². The van der Waals surface area contributed by atoms with Crippen molar-refractivity contribution in [3.63, 3.8) is 0 Å². The second-order valence-corrected chi connectivity index (χ2v) is 6.36. The number of carbonyl (C=O) groups excluding carboxylic acids is 2. The molecule has 1 saturated heterocycles. The van der Waals surface area contributed by atoms with Crippen LogP contribution in [0.25, 0.3) is 0 Å². The van der Waals surface area contributed by atoms with Crippen LogP contribution in [-0.2, 0) is 16.0 Å². The third kappa shape index (κ3) is 5.43. The van der Waals surface area contributed by atoms with Gasteiger partial charge < -0.3 is 30.5 Å². The molecule has 1 aliphatic heterocycles. The zero-order chi connectivity index (χ0) is 19.3. The summed E-state index contributed by atoms with van der Waals surface area (Å²) in [4.78, 5) is 36.4. The Balaban J connectivity index is 1.95. The molecule has 1 aromatic rings. The van der Waals surface area contributed by atoms with Crippen LogP contribution in [0.2, 0.25) is 0 Å². The van der Waals surface area contributed by atoms with Gasteiger partial charge in [0.25, 0.3) is 0 Å². The molecule has 1 heterocycles. The van der Waals surface area contributed by atoms with Crippen molar-refractivity contribution in [2.45, 2.75) is 31.0 Å². The molecule has 1 fully saturated rings. The van der Waals surface area contributed by atoms with Crippen LogP contribution in [0.3, 0.4) is 0 Å². The molecular weight excluding hydrogens is 342 g/mol. The van der Waals surface area contributed by atoms with E-state index < -0.39 is 36.2 Å². The topological polar surface area (TPSA) is 128 Å². The number of β-amino-alcohol motifs (C(OH)–C–C–N with tert-alkyl or cyclic N) is 1. The lowest BCUT2D eigenvalue weighted by Crippen LogP contribution is -2.49. The highest BCUT2D eigenvalue weighted by Crippen LogP contribution is 2.15. The Bertz CT molecular complexity index is 661. The fourth-order valence-corrected chi connectivity index (χ4v) is 2.51. The van der Waals surface area contributed by atoms with Gasteiger partial charge in [-0.2, -0.15) is 0 Å². The van der Waals surface area contributed by atoms with Gasteiger partial charge in [0, 0.05) is 27.1 Å². The van der Waals surface area contributed by atoms with Crippen LogP contribution in [0.5, 0.6) is 5.75 Å². The smallest absolute Gasteiger partial charge is 0.414 e. The van der Waals surface area contributed by atoms with Gasteiger partial charge in [0.2, 0.25) is 5.91 Å². The highest BCUT2D eigenvalue weighted by molar-refractivity contribution is 5.87. The summed E-state index contributed by atoms with van der Waals surface area (Å²) >= 11 is 0. The predicted molar refractivity (Wildman–Crippen MR) is 91.8 cm³/mol. The maximum atomic E-state index is 12.1. The average Bonchev–Trinajstić information content (AvgIpc) is 3.02. The van der Waals surface area contributed by atoms with Crippen LogP contribution in [-0.4, -0.2) is 71.9 Å². The molecule has 142 valence electrons. The molecule has 2 rings (SSSR count). The lowest BCUT2D eigenvalue weighted by atomic mass is 10.0. The molecule has 0 unspecified atom stereocenters. The van der Waals surface area contributed by atoms with E-state index in [9.17, 15) is 24.6 Å². The van der Waals surface area contributed by atoms with E-state index in [4.69, 9.17) is 4.74 Å². The van der Waals surface area contributed by atoms with Crippen molar-refractivity contribution < 1.29 is 29.3 Å². The molecule has 9 nitrogen and oxygen atoms in total. The quantitative estimate of drug-likeness (QED) is 0.539. The molecule has 0 saturated carbocycles. The molecule has 0 spiro atoms.